The first-order valence-corrected chi connectivity index (χ1v) is 12.3. The predicted octanol–water partition coefficient (Wildman–Crippen LogP) is 3.74. The second kappa shape index (κ2) is 9.32. The first-order valence-electron chi connectivity index (χ1n) is 10.6. The maximum atomic E-state index is 14.2. The van der Waals surface area contributed by atoms with Crippen LogP contribution in [0.3, 0.4) is 0 Å². The summed E-state index contributed by atoms with van der Waals surface area (Å²) in [5.41, 5.74) is -0.774. The molecule has 2 heterocycles. The molecule has 1 aliphatic rings. The quantitative estimate of drug-likeness (QED) is 0.637. The van der Waals surface area contributed by atoms with Crippen LogP contribution < -0.4 is 9.46 Å². The van der Waals surface area contributed by atoms with E-state index >= 15 is 0 Å². The van der Waals surface area contributed by atoms with Crippen LogP contribution in [0.15, 0.2) is 24.3 Å². The minimum Gasteiger partial charge on any atom is -0.461 e. The van der Waals surface area contributed by atoms with Crippen molar-refractivity contribution in [3.63, 3.8) is 0 Å². The van der Waals surface area contributed by atoms with Crippen LogP contribution in [0.1, 0.15) is 40.0 Å². The Morgan fingerprint density at radius 3 is 2.30 bits per heavy atom. The van der Waals surface area contributed by atoms with Crippen molar-refractivity contribution in [1.82, 2.24) is 14.9 Å². The Bertz CT molecular complexity index is 1120. The van der Waals surface area contributed by atoms with Gasteiger partial charge < -0.3 is 9.64 Å². The molecule has 1 aliphatic heterocycles. The summed E-state index contributed by atoms with van der Waals surface area (Å²) in [5, 5.41) is 0. The number of hydrogen-bond acceptors (Lipinski definition) is 6. The summed E-state index contributed by atoms with van der Waals surface area (Å²) >= 11 is 0. The minimum absolute atomic E-state index is 0.0641. The third-order valence-corrected chi connectivity index (χ3v) is 7.22. The van der Waals surface area contributed by atoms with Gasteiger partial charge in [0.2, 0.25) is 27.9 Å². The Kier molecular flexibility index (Phi) is 7.06. The van der Waals surface area contributed by atoms with Crippen LogP contribution in [-0.4, -0.2) is 60.3 Å². The fraction of sp³-hybridized carbons (Fsp3) is 0.571. The van der Waals surface area contributed by atoms with E-state index in [1.165, 1.54) is 18.7 Å². The van der Waals surface area contributed by atoms with Gasteiger partial charge in [-0.25, -0.2) is 18.4 Å². The lowest BCUT2D eigenvalue weighted by Gasteiger charge is -2.44. The van der Waals surface area contributed by atoms with Gasteiger partial charge in [0.1, 0.15) is 0 Å². The van der Waals surface area contributed by atoms with Crippen molar-refractivity contribution in [2.75, 3.05) is 23.6 Å². The number of fused-ring (bicyclic) bond motifs is 1. The zero-order valence-electron chi connectivity index (χ0n) is 18.6. The number of aromatic nitrogens is 2. The lowest BCUT2D eigenvalue weighted by molar-refractivity contribution is -0.233. The summed E-state index contributed by atoms with van der Waals surface area (Å²) in [7, 11) is -3.86. The number of carbonyl (C=O) groups excluding carboxylic acids is 1. The molecule has 1 aromatic carbocycles. The Balaban J connectivity index is 2.02. The summed E-state index contributed by atoms with van der Waals surface area (Å²) in [5.74, 6) is -1.36. The molecule has 1 unspecified atom stereocenters. The highest BCUT2D eigenvalue weighted by Crippen LogP contribution is 2.44. The van der Waals surface area contributed by atoms with E-state index in [-0.39, 0.29) is 48.9 Å². The Morgan fingerprint density at radius 2 is 1.79 bits per heavy atom. The van der Waals surface area contributed by atoms with Crippen LogP contribution in [-0.2, 0) is 14.8 Å². The number of anilines is 1. The lowest BCUT2D eigenvalue weighted by atomic mass is 9.75. The Morgan fingerprint density at radius 1 is 1.21 bits per heavy atom. The summed E-state index contributed by atoms with van der Waals surface area (Å²) < 4.78 is 75.0. The van der Waals surface area contributed by atoms with Gasteiger partial charge in [0.15, 0.2) is 0 Å². The van der Waals surface area contributed by atoms with Gasteiger partial charge >= 0.3 is 6.18 Å². The molecule has 1 fully saturated rings. The Labute approximate surface area is 190 Å². The summed E-state index contributed by atoms with van der Waals surface area (Å²) in [6.45, 7) is 4.83. The van der Waals surface area contributed by atoms with Gasteiger partial charge in [-0.1, -0.05) is 26.0 Å². The number of alkyl halides is 3. The second-order valence-corrected chi connectivity index (χ2v) is 10.3. The van der Waals surface area contributed by atoms with Crippen molar-refractivity contribution >= 4 is 32.8 Å². The average molecular weight is 489 g/mol. The molecule has 0 radical (unpaired) electrons. The highest BCUT2D eigenvalue weighted by molar-refractivity contribution is 7.92. The topological polar surface area (TPSA) is 101 Å². The number of hydrogen-bond donors (Lipinski definition) is 1. The van der Waals surface area contributed by atoms with E-state index in [1.54, 1.807) is 31.2 Å². The number of ether oxygens (including phenoxy) is 1. The molecule has 0 spiro atoms. The van der Waals surface area contributed by atoms with E-state index in [4.69, 9.17) is 4.74 Å². The SMILES string of the molecule is CCCS(=O)(=O)Nc1nc2ccccc2nc1OC(C(F)(F)F)C1(C)CCN(C(C)=O)CC1. The molecule has 1 N–H and O–H groups in total. The lowest BCUT2D eigenvalue weighted by Crippen LogP contribution is -2.53. The van der Waals surface area contributed by atoms with E-state index in [0.717, 1.165) is 0 Å². The van der Waals surface area contributed by atoms with Crippen molar-refractivity contribution in [2.24, 2.45) is 5.41 Å². The highest BCUT2D eigenvalue weighted by Gasteiger charge is 2.54. The average Bonchev–Trinajstić information content (AvgIpc) is 2.71. The third-order valence-electron chi connectivity index (χ3n) is 5.77. The van der Waals surface area contributed by atoms with Crippen LogP contribution in [0.2, 0.25) is 0 Å². The molecule has 3 rings (SSSR count). The highest BCUT2D eigenvalue weighted by atomic mass is 32.2. The molecule has 12 heteroatoms. The molecular formula is C21H27F3N4O4S. The van der Waals surface area contributed by atoms with E-state index in [2.05, 4.69) is 14.7 Å². The zero-order chi connectivity index (χ0) is 24.4. The molecule has 1 saturated heterocycles. The number of piperidine rings is 1. The first kappa shape index (κ1) is 25.0. The largest absolute Gasteiger partial charge is 0.461 e. The van der Waals surface area contributed by atoms with Crippen molar-refractivity contribution in [3.8, 4) is 5.88 Å². The monoisotopic (exact) mass is 488 g/mol. The van der Waals surface area contributed by atoms with Gasteiger partial charge in [0.05, 0.1) is 16.8 Å². The van der Waals surface area contributed by atoms with Crippen LogP contribution >= 0.6 is 0 Å². The van der Waals surface area contributed by atoms with Crippen LogP contribution in [0.4, 0.5) is 19.0 Å². The molecule has 0 bridgehead atoms. The molecule has 1 amide bonds. The number of nitrogens with zero attached hydrogens (tertiary/aromatic N) is 3. The number of nitrogens with one attached hydrogen (secondary N) is 1. The van der Waals surface area contributed by atoms with Crippen molar-refractivity contribution in [3.05, 3.63) is 24.3 Å². The third kappa shape index (κ3) is 5.84. The smallest absolute Gasteiger partial charge is 0.426 e. The van der Waals surface area contributed by atoms with Gasteiger partial charge in [-0.05, 0) is 31.4 Å². The fourth-order valence-electron chi connectivity index (χ4n) is 3.91. The number of sulfonamides is 1. The Hall–Kier alpha value is -2.63. The number of para-hydroxylation sites is 2. The van der Waals surface area contributed by atoms with Crippen LogP contribution in [0.5, 0.6) is 5.88 Å². The summed E-state index contributed by atoms with van der Waals surface area (Å²) in [4.78, 5) is 21.5. The van der Waals surface area contributed by atoms with E-state index in [0.29, 0.717) is 11.9 Å². The van der Waals surface area contributed by atoms with Crippen molar-refractivity contribution < 1.29 is 31.1 Å². The number of benzene rings is 1. The number of likely N-dealkylation sites (tertiary alicyclic amines) is 1. The van der Waals surface area contributed by atoms with E-state index in [9.17, 15) is 26.4 Å². The number of carbonyl (C=O) groups is 1. The molecular weight excluding hydrogens is 461 g/mol. The van der Waals surface area contributed by atoms with Gasteiger partial charge in [0, 0.05) is 25.4 Å². The molecule has 8 nitrogen and oxygen atoms in total. The normalized spacial score (nSPS) is 17.6. The van der Waals surface area contributed by atoms with Crippen molar-refractivity contribution in [2.45, 2.75) is 52.3 Å². The summed E-state index contributed by atoms with van der Waals surface area (Å²) in [6.07, 6.45) is -6.60. The number of rotatable bonds is 7. The van der Waals surface area contributed by atoms with Gasteiger partial charge in [-0.3, -0.25) is 9.52 Å². The fourth-order valence-corrected chi connectivity index (χ4v) is 4.98. The minimum atomic E-state index is -4.76. The number of halogens is 3. The predicted molar refractivity (Wildman–Crippen MR) is 117 cm³/mol. The zero-order valence-corrected chi connectivity index (χ0v) is 19.5. The standard InChI is InChI=1S/C21H27F3N4O4S/c1-4-13-33(30,31)27-17-18(26-16-8-6-5-7-15(16)25-17)32-19(21(22,23)24)20(3)9-11-28(12-10-20)14(2)29/h5-8,19H,4,9-13H2,1-3H3,(H,25,27). The molecule has 1 aromatic heterocycles. The molecule has 0 aliphatic carbocycles. The van der Waals surface area contributed by atoms with E-state index in [1.807, 2.05) is 0 Å². The first-order chi connectivity index (χ1) is 15.3. The van der Waals surface area contributed by atoms with Gasteiger partial charge in [-0.15, -0.1) is 0 Å². The van der Waals surface area contributed by atoms with E-state index < -0.39 is 33.6 Å². The molecule has 2 aromatic rings. The summed E-state index contributed by atoms with van der Waals surface area (Å²) in [6, 6.07) is 6.42. The molecule has 1 atom stereocenters. The molecule has 0 saturated carbocycles. The number of amides is 1. The maximum absolute atomic E-state index is 14.2. The molecule has 33 heavy (non-hydrogen) atoms. The van der Waals surface area contributed by atoms with Gasteiger partial charge in [0.25, 0.3) is 5.88 Å². The molecule has 182 valence electrons. The second-order valence-electron chi connectivity index (χ2n) is 8.49. The van der Waals surface area contributed by atoms with Crippen LogP contribution in [0.25, 0.3) is 11.0 Å². The van der Waals surface area contributed by atoms with Gasteiger partial charge in [-0.2, -0.15) is 13.2 Å². The van der Waals surface area contributed by atoms with Crippen molar-refractivity contribution in [1.29, 1.82) is 0 Å². The maximum Gasteiger partial charge on any atom is 0.426 e. The van der Waals surface area contributed by atoms with Crippen LogP contribution in [0, 0.1) is 5.41 Å².